The first kappa shape index (κ1) is 18.5. The van der Waals surface area contributed by atoms with Crippen LogP contribution >= 0.6 is 0 Å². The van der Waals surface area contributed by atoms with Crippen molar-refractivity contribution in [1.82, 2.24) is 9.88 Å². The summed E-state index contributed by atoms with van der Waals surface area (Å²) in [4.78, 5) is 31.9. The number of rotatable bonds is 2. The lowest BCUT2D eigenvalue weighted by atomic mass is 10.1. The molecule has 1 aromatic heterocycles. The van der Waals surface area contributed by atoms with Crippen molar-refractivity contribution in [2.24, 2.45) is 0 Å². The Kier molecular flexibility index (Phi) is 5.47. The maximum atomic E-state index is 12.1. The number of hydrogen-bond acceptors (Lipinski definition) is 7. The van der Waals surface area contributed by atoms with Gasteiger partial charge in [-0.15, -0.1) is 0 Å². The fourth-order valence-electron chi connectivity index (χ4n) is 2.46. The molecule has 8 heteroatoms. The van der Waals surface area contributed by atoms with E-state index in [0.717, 1.165) is 0 Å². The van der Waals surface area contributed by atoms with Crippen LogP contribution in [0.5, 0.6) is 0 Å². The van der Waals surface area contributed by atoms with Crippen LogP contribution in [0.25, 0.3) is 0 Å². The van der Waals surface area contributed by atoms with Gasteiger partial charge in [-0.1, -0.05) is 0 Å². The molecule has 0 bridgehead atoms. The molecule has 8 nitrogen and oxygen atoms in total. The molecule has 0 atom stereocenters. The first-order valence-electron chi connectivity index (χ1n) is 7.96. The highest BCUT2D eigenvalue weighted by molar-refractivity contribution is 5.95. The minimum atomic E-state index is -0.547. The van der Waals surface area contributed by atoms with Crippen LogP contribution in [0, 0.1) is 11.3 Å². The van der Waals surface area contributed by atoms with Gasteiger partial charge in [0, 0.05) is 32.4 Å². The molecule has 1 amide bonds. The van der Waals surface area contributed by atoms with Crippen LogP contribution in [0.3, 0.4) is 0 Å². The Labute approximate surface area is 146 Å². The van der Waals surface area contributed by atoms with Crippen molar-refractivity contribution in [2.75, 3.05) is 38.2 Å². The van der Waals surface area contributed by atoms with Crippen LogP contribution in [0.1, 0.15) is 36.7 Å². The van der Waals surface area contributed by atoms with Crippen LogP contribution in [-0.4, -0.2) is 60.8 Å². The second-order valence-electron chi connectivity index (χ2n) is 6.65. The normalized spacial score (nSPS) is 14.7. The summed E-state index contributed by atoms with van der Waals surface area (Å²) in [5.74, 6) is -0.0936. The number of amides is 1. The van der Waals surface area contributed by atoms with Gasteiger partial charge < -0.3 is 19.3 Å². The quantitative estimate of drug-likeness (QED) is 0.753. The van der Waals surface area contributed by atoms with Crippen molar-refractivity contribution in [2.45, 2.75) is 26.4 Å². The van der Waals surface area contributed by atoms with Crippen molar-refractivity contribution < 1.29 is 19.1 Å². The highest BCUT2D eigenvalue weighted by atomic mass is 16.6. The standard InChI is InChI=1S/C17H22N4O4/c1-17(2,3)25-16(23)21-7-5-20(6-8-21)14-13(15(22)24-4)9-12(10-18)11-19-14/h9,11H,5-8H2,1-4H3. The Bertz CT molecular complexity index is 698. The highest BCUT2D eigenvalue weighted by Crippen LogP contribution is 2.22. The first-order valence-corrected chi connectivity index (χ1v) is 7.96. The topological polar surface area (TPSA) is 95.8 Å². The first-order chi connectivity index (χ1) is 11.7. The lowest BCUT2D eigenvalue weighted by molar-refractivity contribution is 0.0239. The zero-order valence-electron chi connectivity index (χ0n) is 14.9. The summed E-state index contributed by atoms with van der Waals surface area (Å²) in [6.07, 6.45) is 1.07. The second kappa shape index (κ2) is 7.38. The number of aromatic nitrogens is 1. The number of esters is 1. The van der Waals surface area contributed by atoms with E-state index in [0.29, 0.717) is 32.0 Å². The molecule has 0 unspecified atom stereocenters. The maximum absolute atomic E-state index is 12.1. The minimum Gasteiger partial charge on any atom is -0.465 e. The molecule has 2 rings (SSSR count). The molecule has 1 aliphatic heterocycles. The molecular weight excluding hydrogens is 324 g/mol. The Balaban J connectivity index is 2.12. The van der Waals surface area contributed by atoms with E-state index in [-0.39, 0.29) is 17.2 Å². The van der Waals surface area contributed by atoms with Crippen molar-refractivity contribution >= 4 is 17.9 Å². The number of carbonyl (C=O) groups is 2. The Morgan fingerprint density at radius 2 is 1.88 bits per heavy atom. The molecular formula is C17H22N4O4. The van der Waals surface area contributed by atoms with Gasteiger partial charge in [0.1, 0.15) is 23.1 Å². The largest absolute Gasteiger partial charge is 0.465 e. The van der Waals surface area contributed by atoms with Gasteiger partial charge in [0.05, 0.1) is 12.7 Å². The lowest BCUT2D eigenvalue weighted by Crippen LogP contribution is -2.50. The molecule has 0 aromatic carbocycles. The summed E-state index contributed by atoms with van der Waals surface area (Å²) in [5, 5.41) is 8.99. The summed E-state index contributed by atoms with van der Waals surface area (Å²) in [6.45, 7) is 7.39. The number of methoxy groups -OCH3 is 1. The van der Waals surface area contributed by atoms with Crippen molar-refractivity contribution in [3.8, 4) is 6.07 Å². The molecule has 1 aromatic rings. The molecule has 0 radical (unpaired) electrons. The van der Waals surface area contributed by atoms with Crippen LogP contribution in [0.15, 0.2) is 12.3 Å². The number of pyridine rings is 1. The predicted molar refractivity (Wildman–Crippen MR) is 90.3 cm³/mol. The molecule has 2 heterocycles. The molecule has 0 saturated carbocycles. The fourth-order valence-corrected chi connectivity index (χ4v) is 2.46. The number of piperazine rings is 1. The highest BCUT2D eigenvalue weighted by Gasteiger charge is 2.28. The lowest BCUT2D eigenvalue weighted by Gasteiger charge is -2.36. The van der Waals surface area contributed by atoms with Gasteiger partial charge in [-0.25, -0.2) is 14.6 Å². The minimum absolute atomic E-state index is 0.243. The summed E-state index contributed by atoms with van der Waals surface area (Å²) in [5.41, 5.74) is -0.00942. The summed E-state index contributed by atoms with van der Waals surface area (Å²) >= 11 is 0. The summed E-state index contributed by atoms with van der Waals surface area (Å²) in [7, 11) is 1.28. The van der Waals surface area contributed by atoms with Crippen LogP contribution in [-0.2, 0) is 9.47 Å². The fraction of sp³-hybridized carbons (Fsp3) is 0.529. The van der Waals surface area contributed by atoms with E-state index in [1.54, 1.807) is 4.90 Å². The van der Waals surface area contributed by atoms with E-state index >= 15 is 0 Å². The van der Waals surface area contributed by atoms with E-state index in [1.165, 1.54) is 19.4 Å². The molecule has 1 fully saturated rings. The Hall–Kier alpha value is -2.82. The number of hydrogen-bond donors (Lipinski definition) is 0. The van der Waals surface area contributed by atoms with Crippen molar-refractivity contribution in [3.05, 3.63) is 23.4 Å². The van der Waals surface area contributed by atoms with Crippen LogP contribution in [0.2, 0.25) is 0 Å². The third-order valence-electron chi connectivity index (χ3n) is 3.63. The van der Waals surface area contributed by atoms with Gasteiger partial charge in [-0.3, -0.25) is 0 Å². The van der Waals surface area contributed by atoms with Gasteiger partial charge in [0.15, 0.2) is 0 Å². The Morgan fingerprint density at radius 1 is 1.24 bits per heavy atom. The SMILES string of the molecule is COC(=O)c1cc(C#N)cnc1N1CCN(C(=O)OC(C)(C)C)CC1. The average molecular weight is 346 g/mol. The maximum Gasteiger partial charge on any atom is 0.410 e. The third kappa shape index (κ3) is 4.59. The number of anilines is 1. The van der Waals surface area contributed by atoms with Gasteiger partial charge in [0.25, 0.3) is 0 Å². The van der Waals surface area contributed by atoms with Crippen molar-refractivity contribution in [3.63, 3.8) is 0 Å². The van der Waals surface area contributed by atoms with E-state index in [1.807, 2.05) is 31.7 Å². The van der Waals surface area contributed by atoms with E-state index in [2.05, 4.69) is 4.98 Å². The van der Waals surface area contributed by atoms with Gasteiger partial charge in [0.2, 0.25) is 0 Å². The van der Waals surface area contributed by atoms with Gasteiger partial charge in [-0.2, -0.15) is 5.26 Å². The molecule has 1 saturated heterocycles. The summed E-state index contributed by atoms with van der Waals surface area (Å²) in [6, 6.07) is 3.43. The molecule has 1 aliphatic rings. The predicted octanol–water partition coefficient (Wildman–Crippen LogP) is 1.80. The molecule has 0 N–H and O–H groups in total. The zero-order valence-corrected chi connectivity index (χ0v) is 14.9. The second-order valence-corrected chi connectivity index (χ2v) is 6.65. The number of nitriles is 1. The van der Waals surface area contributed by atoms with Gasteiger partial charge >= 0.3 is 12.1 Å². The third-order valence-corrected chi connectivity index (χ3v) is 3.63. The average Bonchev–Trinajstić information content (AvgIpc) is 2.59. The van der Waals surface area contributed by atoms with Crippen LogP contribution < -0.4 is 4.90 Å². The smallest absolute Gasteiger partial charge is 0.410 e. The van der Waals surface area contributed by atoms with E-state index < -0.39 is 11.6 Å². The van der Waals surface area contributed by atoms with Crippen LogP contribution in [0.4, 0.5) is 10.6 Å². The molecule has 0 spiro atoms. The summed E-state index contributed by atoms with van der Waals surface area (Å²) < 4.78 is 10.2. The molecule has 0 aliphatic carbocycles. The van der Waals surface area contributed by atoms with E-state index in [4.69, 9.17) is 14.7 Å². The number of ether oxygens (including phenoxy) is 2. The monoisotopic (exact) mass is 346 g/mol. The number of nitrogens with zero attached hydrogens (tertiary/aromatic N) is 4. The zero-order chi connectivity index (χ0) is 18.6. The molecule has 134 valence electrons. The number of carbonyl (C=O) groups excluding carboxylic acids is 2. The van der Waals surface area contributed by atoms with Crippen molar-refractivity contribution in [1.29, 1.82) is 5.26 Å². The van der Waals surface area contributed by atoms with Gasteiger partial charge in [-0.05, 0) is 26.8 Å². The molecule has 25 heavy (non-hydrogen) atoms. The Morgan fingerprint density at radius 3 is 2.40 bits per heavy atom. The van der Waals surface area contributed by atoms with E-state index in [9.17, 15) is 9.59 Å².